The van der Waals surface area contributed by atoms with Crippen LogP contribution in [0.4, 0.5) is 0 Å². The van der Waals surface area contributed by atoms with E-state index in [9.17, 15) is 4.79 Å². The smallest absolute Gasteiger partial charge is 0.269 e. The Morgan fingerprint density at radius 1 is 1.04 bits per heavy atom. The highest BCUT2D eigenvalue weighted by Gasteiger charge is 2.06. The number of carbonyl (C=O) groups is 1. The molecule has 1 amide bonds. The molecule has 0 saturated heterocycles. The van der Waals surface area contributed by atoms with Gasteiger partial charge in [0.05, 0.1) is 6.61 Å². The first-order chi connectivity index (χ1) is 11.2. The summed E-state index contributed by atoms with van der Waals surface area (Å²) in [4.78, 5) is 12.0. The quantitative estimate of drug-likeness (QED) is 0.367. The zero-order valence-corrected chi connectivity index (χ0v) is 14.8. The van der Waals surface area contributed by atoms with Crippen LogP contribution in [0, 0.1) is 0 Å². The Bertz CT molecular complexity index is 477. The van der Waals surface area contributed by atoms with E-state index >= 15 is 0 Å². The second-order valence-electron chi connectivity index (χ2n) is 5.27. The summed E-state index contributed by atoms with van der Waals surface area (Å²) >= 11 is 5.10. The van der Waals surface area contributed by atoms with Crippen LogP contribution in [0.3, 0.4) is 0 Å². The number of hydrazine groups is 1. The lowest BCUT2D eigenvalue weighted by Crippen LogP contribution is -2.46. The van der Waals surface area contributed by atoms with Crippen LogP contribution in [0.25, 0.3) is 0 Å². The van der Waals surface area contributed by atoms with Crippen molar-refractivity contribution in [3.05, 3.63) is 29.8 Å². The number of nitrogens with one attached hydrogen (secondary N) is 3. The van der Waals surface area contributed by atoms with Gasteiger partial charge < -0.3 is 10.1 Å². The van der Waals surface area contributed by atoms with Gasteiger partial charge in [0.25, 0.3) is 5.91 Å². The molecule has 0 atom stereocenters. The number of hydrogen-bond acceptors (Lipinski definition) is 3. The Labute approximate surface area is 144 Å². The fourth-order valence-electron chi connectivity index (χ4n) is 1.84. The van der Waals surface area contributed by atoms with E-state index in [1.54, 1.807) is 24.3 Å². The van der Waals surface area contributed by atoms with Gasteiger partial charge in [-0.15, -0.1) is 0 Å². The molecule has 1 aromatic rings. The zero-order chi connectivity index (χ0) is 16.9. The summed E-state index contributed by atoms with van der Waals surface area (Å²) in [6.07, 6.45) is 5.50. The van der Waals surface area contributed by atoms with Gasteiger partial charge in [0.1, 0.15) is 5.75 Å². The monoisotopic (exact) mass is 337 g/mol. The van der Waals surface area contributed by atoms with Crippen LogP contribution in [-0.4, -0.2) is 24.2 Å². The molecule has 0 spiro atoms. The molecular formula is C17H27N3O2S. The third kappa shape index (κ3) is 8.40. The lowest BCUT2D eigenvalue weighted by Gasteiger charge is -2.11. The average molecular weight is 337 g/mol. The Morgan fingerprint density at radius 3 is 2.39 bits per heavy atom. The highest BCUT2D eigenvalue weighted by Crippen LogP contribution is 2.12. The van der Waals surface area contributed by atoms with E-state index in [1.165, 1.54) is 0 Å². The van der Waals surface area contributed by atoms with E-state index in [4.69, 9.17) is 17.0 Å². The first-order valence-electron chi connectivity index (χ1n) is 8.24. The van der Waals surface area contributed by atoms with E-state index in [2.05, 4.69) is 30.0 Å². The first-order valence-corrected chi connectivity index (χ1v) is 8.65. The van der Waals surface area contributed by atoms with Crippen LogP contribution >= 0.6 is 12.2 Å². The molecule has 0 saturated carbocycles. The number of rotatable bonds is 9. The Morgan fingerprint density at radius 2 is 1.74 bits per heavy atom. The number of ether oxygens (including phenoxy) is 1. The summed E-state index contributed by atoms with van der Waals surface area (Å²) in [5.74, 6) is 0.541. The van der Waals surface area contributed by atoms with Gasteiger partial charge in [-0.3, -0.25) is 15.6 Å². The van der Waals surface area contributed by atoms with E-state index in [1.807, 2.05) is 0 Å². The predicted molar refractivity (Wildman–Crippen MR) is 97.6 cm³/mol. The maximum atomic E-state index is 12.0. The van der Waals surface area contributed by atoms with Crippen molar-refractivity contribution >= 4 is 23.2 Å². The van der Waals surface area contributed by atoms with Gasteiger partial charge in [0.15, 0.2) is 5.11 Å². The van der Waals surface area contributed by atoms with Gasteiger partial charge in [0, 0.05) is 12.1 Å². The number of hydrogen-bond donors (Lipinski definition) is 3. The molecule has 5 nitrogen and oxygen atoms in total. The summed E-state index contributed by atoms with van der Waals surface area (Å²) in [6, 6.07) is 7.06. The molecule has 0 radical (unpaired) electrons. The molecule has 0 aliphatic heterocycles. The number of amides is 1. The van der Waals surface area contributed by atoms with Crippen molar-refractivity contribution in [2.45, 2.75) is 46.0 Å². The molecule has 1 rings (SSSR count). The fraction of sp³-hybridized carbons (Fsp3) is 0.529. The molecular weight excluding hydrogens is 310 g/mol. The highest BCUT2D eigenvalue weighted by atomic mass is 32.1. The van der Waals surface area contributed by atoms with Gasteiger partial charge in [-0.25, -0.2) is 0 Å². The molecule has 6 heteroatoms. The normalized spacial score (nSPS) is 10.0. The second-order valence-corrected chi connectivity index (χ2v) is 5.68. The summed E-state index contributed by atoms with van der Waals surface area (Å²) in [6.45, 7) is 5.77. The number of thiocarbonyl (C=S) groups is 1. The molecule has 128 valence electrons. The lowest BCUT2D eigenvalue weighted by molar-refractivity contribution is 0.0943. The van der Waals surface area contributed by atoms with Gasteiger partial charge in [-0.2, -0.15) is 0 Å². The van der Waals surface area contributed by atoms with Gasteiger partial charge >= 0.3 is 0 Å². The first kappa shape index (κ1) is 19.2. The molecule has 1 aromatic carbocycles. The van der Waals surface area contributed by atoms with Crippen molar-refractivity contribution in [2.75, 3.05) is 13.2 Å². The summed E-state index contributed by atoms with van der Waals surface area (Å²) in [7, 11) is 0. The molecule has 0 fully saturated rings. The standard InChI is InChI=1S/C17H27N3O2S/c1-3-5-7-12-18-17(23)20-19-16(21)14-8-10-15(11-9-14)22-13-6-4-2/h8-11H,3-7,12-13H2,1-2H3,(H,19,21)(H2,18,20,23). The Balaban J connectivity index is 2.30. The van der Waals surface area contributed by atoms with E-state index < -0.39 is 0 Å². The zero-order valence-electron chi connectivity index (χ0n) is 14.0. The second kappa shape index (κ2) is 11.7. The SMILES string of the molecule is CCCCCNC(=S)NNC(=O)c1ccc(OCCCC)cc1. The topological polar surface area (TPSA) is 62.4 Å². The summed E-state index contributed by atoms with van der Waals surface area (Å²) < 4.78 is 5.57. The molecule has 23 heavy (non-hydrogen) atoms. The van der Waals surface area contributed by atoms with Crippen LogP contribution in [0.5, 0.6) is 5.75 Å². The van der Waals surface area contributed by atoms with Gasteiger partial charge in [-0.1, -0.05) is 33.1 Å². The van der Waals surface area contributed by atoms with Crippen molar-refractivity contribution in [1.29, 1.82) is 0 Å². The molecule has 0 aromatic heterocycles. The molecule has 0 aliphatic rings. The summed E-state index contributed by atoms with van der Waals surface area (Å²) in [5.41, 5.74) is 5.83. The lowest BCUT2D eigenvalue weighted by atomic mass is 10.2. The van der Waals surface area contributed by atoms with Crippen molar-refractivity contribution in [1.82, 2.24) is 16.2 Å². The van der Waals surface area contributed by atoms with Crippen LogP contribution in [0.15, 0.2) is 24.3 Å². The molecule has 0 unspecified atom stereocenters. The van der Waals surface area contributed by atoms with Gasteiger partial charge in [-0.05, 0) is 49.3 Å². The van der Waals surface area contributed by atoms with Crippen molar-refractivity contribution in [3.8, 4) is 5.75 Å². The van der Waals surface area contributed by atoms with Crippen molar-refractivity contribution < 1.29 is 9.53 Å². The van der Waals surface area contributed by atoms with Crippen LogP contribution in [0.1, 0.15) is 56.3 Å². The minimum Gasteiger partial charge on any atom is -0.494 e. The maximum absolute atomic E-state index is 12.0. The minimum absolute atomic E-state index is 0.234. The average Bonchev–Trinajstić information content (AvgIpc) is 2.57. The molecule has 0 aliphatic carbocycles. The minimum atomic E-state index is -0.234. The summed E-state index contributed by atoms with van der Waals surface area (Å²) in [5, 5.41) is 3.47. The van der Waals surface area contributed by atoms with Crippen molar-refractivity contribution in [3.63, 3.8) is 0 Å². The number of carbonyl (C=O) groups excluding carboxylic acids is 1. The van der Waals surface area contributed by atoms with Crippen LogP contribution in [0.2, 0.25) is 0 Å². The number of benzene rings is 1. The molecule has 3 N–H and O–H groups in total. The van der Waals surface area contributed by atoms with Crippen LogP contribution in [-0.2, 0) is 0 Å². The maximum Gasteiger partial charge on any atom is 0.269 e. The van der Waals surface area contributed by atoms with Crippen LogP contribution < -0.4 is 20.9 Å². The largest absolute Gasteiger partial charge is 0.494 e. The number of unbranched alkanes of at least 4 members (excludes halogenated alkanes) is 3. The third-order valence-corrected chi connectivity index (χ3v) is 3.48. The molecule has 0 bridgehead atoms. The Kier molecular flexibility index (Phi) is 9.79. The van der Waals surface area contributed by atoms with E-state index in [0.717, 1.165) is 44.4 Å². The Hall–Kier alpha value is -1.82. The van der Waals surface area contributed by atoms with Gasteiger partial charge in [0.2, 0.25) is 0 Å². The highest BCUT2D eigenvalue weighted by molar-refractivity contribution is 7.80. The fourth-order valence-corrected chi connectivity index (χ4v) is 2.00. The van der Waals surface area contributed by atoms with E-state index in [-0.39, 0.29) is 5.91 Å². The predicted octanol–water partition coefficient (Wildman–Crippen LogP) is 3.16. The van der Waals surface area contributed by atoms with E-state index in [0.29, 0.717) is 17.3 Å². The molecule has 0 heterocycles. The van der Waals surface area contributed by atoms with Crippen molar-refractivity contribution in [2.24, 2.45) is 0 Å². The third-order valence-electron chi connectivity index (χ3n) is 3.24.